The second-order valence-corrected chi connectivity index (χ2v) is 6.53. The van der Waals surface area contributed by atoms with E-state index in [1.807, 2.05) is 0 Å². The molecule has 1 N–H and O–H groups in total. The first-order chi connectivity index (χ1) is 10.1. The van der Waals surface area contributed by atoms with Gasteiger partial charge in [-0.1, -0.05) is 6.92 Å². The first-order valence-electron chi connectivity index (χ1n) is 7.51. The van der Waals surface area contributed by atoms with Gasteiger partial charge >= 0.3 is 0 Å². The Morgan fingerprint density at radius 3 is 2.62 bits per heavy atom. The van der Waals surface area contributed by atoms with E-state index in [4.69, 9.17) is 4.98 Å². The van der Waals surface area contributed by atoms with Crippen LogP contribution in [0.25, 0.3) is 0 Å². The molecule has 0 radical (unpaired) electrons. The van der Waals surface area contributed by atoms with Crippen molar-refractivity contribution in [3.8, 4) is 0 Å². The summed E-state index contributed by atoms with van der Waals surface area (Å²) in [4.78, 5) is 12.8. The van der Waals surface area contributed by atoms with E-state index in [1.54, 1.807) is 11.3 Å². The van der Waals surface area contributed by atoms with E-state index >= 15 is 0 Å². The minimum absolute atomic E-state index is 0.909. The van der Waals surface area contributed by atoms with Crippen LogP contribution in [-0.4, -0.2) is 47.0 Å². The lowest BCUT2D eigenvalue weighted by Crippen LogP contribution is -2.31. The third kappa shape index (κ3) is 4.95. The minimum atomic E-state index is 0.909. The number of imidazole rings is 1. The topological polar surface area (TPSA) is 35.2 Å². The Kier molecular flexibility index (Phi) is 5.96. The zero-order valence-corrected chi connectivity index (χ0v) is 14.3. The molecule has 5 heteroatoms. The predicted molar refractivity (Wildman–Crippen MR) is 89.7 cm³/mol. The SMILES string of the molecule is CCc1nc(CN(CCN(C)C)Cc2ccsc2)c(C)[nH]1. The predicted octanol–water partition coefficient (Wildman–Crippen LogP) is 2.91. The van der Waals surface area contributed by atoms with Gasteiger partial charge in [0, 0.05) is 38.3 Å². The molecule has 0 saturated carbocycles. The summed E-state index contributed by atoms with van der Waals surface area (Å²) < 4.78 is 0. The van der Waals surface area contributed by atoms with Gasteiger partial charge in [0.2, 0.25) is 0 Å². The molecule has 0 fully saturated rings. The number of aromatic amines is 1. The van der Waals surface area contributed by atoms with Crippen molar-refractivity contribution >= 4 is 11.3 Å². The summed E-state index contributed by atoms with van der Waals surface area (Å²) in [7, 11) is 4.25. The van der Waals surface area contributed by atoms with Gasteiger partial charge in [-0.2, -0.15) is 11.3 Å². The normalized spacial score (nSPS) is 11.7. The third-order valence-electron chi connectivity index (χ3n) is 3.59. The van der Waals surface area contributed by atoms with Crippen LogP contribution < -0.4 is 0 Å². The van der Waals surface area contributed by atoms with Gasteiger partial charge in [0.15, 0.2) is 0 Å². The molecule has 0 atom stereocenters. The van der Waals surface area contributed by atoms with Crippen molar-refractivity contribution in [1.82, 2.24) is 19.8 Å². The average molecular weight is 306 g/mol. The maximum Gasteiger partial charge on any atom is 0.106 e. The summed E-state index contributed by atoms with van der Waals surface area (Å²) in [6.45, 7) is 8.27. The van der Waals surface area contributed by atoms with Crippen molar-refractivity contribution in [2.24, 2.45) is 0 Å². The zero-order valence-electron chi connectivity index (χ0n) is 13.5. The quantitative estimate of drug-likeness (QED) is 0.814. The first kappa shape index (κ1) is 16.2. The molecular formula is C16H26N4S. The maximum absolute atomic E-state index is 4.72. The summed E-state index contributed by atoms with van der Waals surface area (Å²) in [6, 6.07) is 2.21. The summed E-state index contributed by atoms with van der Waals surface area (Å²) in [5, 5.41) is 4.38. The highest BCUT2D eigenvalue weighted by molar-refractivity contribution is 7.07. The highest BCUT2D eigenvalue weighted by Gasteiger charge is 2.12. The van der Waals surface area contributed by atoms with Gasteiger partial charge in [-0.25, -0.2) is 4.98 Å². The lowest BCUT2D eigenvalue weighted by molar-refractivity contribution is 0.224. The number of nitrogens with one attached hydrogen (secondary N) is 1. The van der Waals surface area contributed by atoms with Crippen LogP contribution in [0.3, 0.4) is 0 Å². The van der Waals surface area contributed by atoms with Crippen LogP contribution in [0.15, 0.2) is 16.8 Å². The summed E-state index contributed by atoms with van der Waals surface area (Å²) in [5.74, 6) is 1.09. The average Bonchev–Trinajstić information content (AvgIpc) is 3.06. The lowest BCUT2D eigenvalue weighted by Gasteiger charge is -2.23. The van der Waals surface area contributed by atoms with E-state index in [0.29, 0.717) is 0 Å². The monoisotopic (exact) mass is 306 g/mol. The third-order valence-corrected chi connectivity index (χ3v) is 4.32. The molecule has 0 bridgehead atoms. The molecule has 0 unspecified atom stereocenters. The Labute approximate surface area is 131 Å². The molecule has 116 valence electrons. The van der Waals surface area contributed by atoms with E-state index in [0.717, 1.165) is 38.4 Å². The second kappa shape index (κ2) is 7.73. The number of hydrogen-bond acceptors (Lipinski definition) is 4. The van der Waals surface area contributed by atoms with Gasteiger partial charge in [0.25, 0.3) is 0 Å². The fourth-order valence-corrected chi connectivity index (χ4v) is 2.95. The van der Waals surface area contributed by atoms with Crippen molar-refractivity contribution in [1.29, 1.82) is 0 Å². The molecule has 2 rings (SSSR count). The van der Waals surface area contributed by atoms with Gasteiger partial charge in [0.1, 0.15) is 5.82 Å². The van der Waals surface area contributed by atoms with E-state index in [9.17, 15) is 0 Å². The van der Waals surface area contributed by atoms with Crippen LogP contribution in [0.1, 0.15) is 29.7 Å². The lowest BCUT2D eigenvalue weighted by atomic mass is 10.2. The van der Waals surface area contributed by atoms with Crippen LogP contribution in [0.2, 0.25) is 0 Å². The molecule has 21 heavy (non-hydrogen) atoms. The largest absolute Gasteiger partial charge is 0.346 e. The highest BCUT2D eigenvalue weighted by atomic mass is 32.1. The van der Waals surface area contributed by atoms with Gasteiger partial charge in [-0.15, -0.1) is 0 Å². The first-order valence-corrected chi connectivity index (χ1v) is 8.45. The number of thiophene rings is 1. The van der Waals surface area contributed by atoms with Crippen molar-refractivity contribution in [2.75, 3.05) is 27.2 Å². The van der Waals surface area contributed by atoms with Gasteiger partial charge in [-0.3, -0.25) is 4.90 Å². The Morgan fingerprint density at radius 2 is 2.05 bits per heavy atom. The molecule has 2 aromatic heterocycles. The van der Waals surface area contributed by atoms with E-state index in [2.05, 4.69) is 59.6 Å². The number of aryl methyl sites for hydroxylation is 2. The fourth-order valence-electron chi connectivity index (χ4n) is 2.29. The van der Waals surface area contributed by atoms with Crippen molar-refractivity contribution in [3.05, 3.63) is 39.6 Å². The molecule has 0 aromatic carbocycles. The number of aromatic nitrogens is 2. The molecule has 4 nitrogen and oxygen atoms in total. The van der Waals surface area contributed by atoms with E-state index in [1.165, 1.54) is 17.0 Å². The number of rotatable bonds is 8. The number of nitrogens with zero attached hydrogens (tertiary/aromatic N) is 3. The molecule has 0 spiro atoms. The van der Waals surface area contributed by atoms with Gasteiger partial charge < -0.3 is 9.88 Å². The molecule has 2 aromatic rings. The van der Waals surface area contributed by atoms with Gasteiger partial charge in [-0.05, 0) is 43.4 Å². The Bertz CT molecular complexity index is 530. The molecule has 0 aliphatic carbocycles. The molecular weight excluding hydrogens is 280 g/mol. The fraction of sp³-hybridized carbons (Fsp3) is 0.562. The number of H-pyrrole nitrogens is 1. The number of likely N-dealkylation sites (N-methyl/N-ethyl adjacent to an activating group) is 1. The van der Waals surface area contributed by atoms with Crippen molar-refractivity contribution in [2.45, 2.75) is 33.4 Å². The van der Waals surface area contributed by atoms with Crippen LogP contribution in [0, 0.1) is 6.92 Å². The Balaban J connectivity index is 2.04. The van der Waals surface area contributed by atoms with E-state index in [-0.39, 0.29) is 0 Å². The van der Waals surface area contributed by atoms with Crippen molar-refractivity contribution < 1.29 is 0 Å². The van der Waals surface area contributed by atoms with Crippen LogP contribution in [0.5, 0.6) is 0 Å². The molecule has 2 heterocycles. The highest BCUT2D eigenvalue weighted by Crippen LogP contribution is 2.14. The molecule has 0 saturated heterocycles. The minimum Gasteiger partial charge on any atom is -0.346 e. The maximum atomic E-state index is 4.72. The Hall–Kier alpha value is -1.17. The summed E-state index contributed by atoms with van der Waals surface area (Å²) in [6.07, 6.45) is 0.961. The van der Waals surface area contributed by atoms with E-state index < -0.39 is 0 Å². The smallest absolute Gasteiger partial charge is 0.106 e. The molecule has 0 aliphatic heterocycles. The number of hydrogen-bond donors (Lipinski definition) is 1. The van der Waals surface area contributed by atoms with Gasteiger partial charge in [0.05, 0.1) is 5.69 Å². The molecule has 0 aliphatic rings. The standard InChI is InChI=1S/C16H26N4S/c1-5-16-17-13(2)15(18-16)11-20(8-7-19(3)4)10-14-6-9-21-12-14/h6,9,12H,5,7-8,10-11H2,1-4H3,(H,17,18). The van der Waals surface area contributed by atoms with Crippen LogP contribution in [0.4, 0.5) is 0 Å². The zero-order chi connectivity index (χ0) is 15.2. The van der Waals surface area contributed by atoms with Crippen molar-refractivity contribution in [3.63, 3.8) is 0 Å². The Morgan fingerprint density at radius 1 is 1.24 bits per heavy atom. The molecule has 0 amide bonds. The second-order valence-electron chi connectivity index (χ2n) is 5.75. The summed E-state index contributed by atoms with van der Waals surface area (Å²) in [5.41, 5.74) is 3.77. The van der Waals surface area contributed by atoms with Crippen LogP contribution in [-0.2, 0) is 19.5 Å². The summed E-state index contributed by atoms with van der Waals surface area (Å²) >= 11 is 1.76. The van der Waals surface area contributed by atoms with Crippen LogP contribution >= 0.6 is 11.3 Å².